The van der Waals surface area contributed by atoms with Crippen molar-refractivity contribution in [2.45, 2.75) is 0 Å². The molecule has 0 saturated carbocycles. The predicted octanol–water partition coefficient (Wildman–Crippen LogP) is 10.8. The SMILES string of the molecule is N#Cc1cccc2c3ccc(-n4c5ccccc5c5c4ccc4c6ccccc6n(-c6ccccc6)c45)cc3n(-c3ccccc3)c12. The van der Waals surface area contributed by atoms with Gasteiger partial charge in [0, 0.05) is 49.4 Å². The third-order valence-electron chi connectivity index (χ3n) is 9.65. The van der Waals surface area contributed by atoms with E-state index in [0.29, 0.717) is 5.56 Å². The zero-order valence-electron chi connectivity index (χ0n) is 25.3. The maximum absolute atomic E-state index is 10.1. The molecule has 0 fully saturated rings. The Hall–Kier alpha value is -6.57. The van der Waals surface area contributed by atoms with Crippen LogP contribution in [0.15, 0.2) is 158 Å². The Morgan fingerprint density at radius 3 is 1.64 bits per heavy atom. The monoisotopic (exact) mass is 598 g/mol. The van der Waals surface area contributed by atoms with Gasteiger partial charge >= 0.3 is 0 Å². The number of rotatable bonds is 3. The van der Waals surface area contributed by atoms with Crippen LogP contribution in [-0.2, 0) is 0 Å². The van der Waals surface area contributed by atoms with E-state index in [1.165, 1.54) is 32.6 Å². The number of nitrogens with zero attached hydrogens (tertiary/aromatic N) is 4. The summed E-state index contributed by atoms with van der Waals surface area (Å²) < 4.78 is 7.06. The number of hydrogen-bond acceptors (Lipinski definition) is 1. The van der Waals surface area contributed by atoms with Crippen LogP contribution in [0.2, 0.25) is 0 Å². The molecule has 4 heteroatoms. The highest BCUT2D eigenvalue weighted by molar-refractivity contribution is 6.26. The van der Waals surface area contributed by atoms with Gasteiger partial charge in [0.05, 0.1) is 38.7 Å². The summed E-state index contributed by atoms with van der Waals surface area (Å²) in [6.07, 6.45) is 0. The van der Waals surface area contributed by atoms with Gasteiger partial charge in [-0.25, -0.2) is 0 Å². The fourth-order valence-electron chi connectivity index (χ4n) is 7.76. The highest BCUT2D eigenvalue weighted by Gasteiger charge is 2.22. The van der Waals surface area contributed by atoms with E-state index >= 15 is 0 Å². The first-order valence-electron chi connectivity index (χ1n) is 15.9. The van der Waals surface area contributed by atoms with Crippen molar-refractivity contribution in [1.82, 2.24) is 13.7 Å². The molecule has 0 saturated heterocycles. The molecule has 3 aromatic heterocycles. The third kappa shape index (κ3) is 3.51. The van der Waals surface area contributed by atoms with Crippen molar-refractivity contribution in [1.29, 1.82) is 5.26 Å². The Morgan fingerprint density at radius 1 is 0.362 bits per heavy atom. The quantitative estimate of drug-likeness (QED) is 0.199. The molecule has 0 aliphatic rings. The Kier molecular flexibility index (Phi) is 5.32. The number of benzene rings is 7. The lowest BCUT2D eigenvalue weighted by atomic mass is 10.1. The molecule has 10 rings (SSSR count). The van der Waals surface area contributed by atoms with E-state index in [4.69, 9.17) is 0 Å². The second kappa shape index (κ2) is 9.71. The first-order chi connectivity index (χ1) is 23.3. The van der Waals surface area contributed by atoms with Crippen LogP contribution in [0.3, 0.4) is 0 Å². The molecule has 7 aromatic carbocycles. The van der Waals surface area contributed by atoms with Crippen molar-refractivity contribution in [3.8, 4) is 23.1 Å². The molecular formula is C43H26N4. The van der Waals surface area contributed by atoms with Crippen LogP contribution in [0.1, 0.15) is 5.56 Å². The van der Waals surface area contributed by atoms with Crippen LogP contribution in [0.4, 0.5) is 0 Å². The number of nitriles is 1. The summed E-state index contributed by atoms with van der Waals surface area (Å²) in [7, 11) is 0. The van der Waals surface area contributed by atoms with E-state index in [1.54, 1.807) is 0 Å². The molecule has 0 amide bonds. The number of aromatic nitrogens is 3. The minimum absolute atomic E-state index is 0.664. The van der Waals surface area contributed by atoms with E-state index < -0.39 is 0 Å². The molecule has 0 N–H and O–H groups in total. The smallest absolute Gasteiger partial charge is 0.101 e. The molecule has 0 unspecified atom stereocenters. The lowest BCUT2D eigenvalue weighted by Crippen LogP contribution is -1.98. The van der Waals surface area contributed by atoms with E-state index in [9.17, 15) is 5.26 Å². The summed E-state index contributed by atoms with van der Waals surface area (Å²) in [5, 5.41) is 17.3. The molecule has 218 valence electrons. The zero-order valence-corrected chi connectivity index (χ0v) is 25.3. The van der Waals surface area contributed by atoms with Crippen LogP contribution in [0, 0.1) is 11.3 Å². The third-order valence-corrected chi connectivity index (χ3v) is 9.65. The van der Waals surface area contributed by atoms with Crippen LogP contribution in [-0.4, -0.2) is 13.7 Å². The van der Waals surface area contributed by atoms with Crippen LogP contribution < -0.4 is 0 Å². The van der Waals surface area contributed by atoms with Gasteiger partial charge < -0.3 is 13.7 Å². The summed E-state index contributed by atoms with van der Waals surface area (Å²) in [6, 6.07) is 58.2. The van der Waals surface area contributed by atoms with Gasteiger partial charge in [0.2, 0.25) is 0 Å². The van der Waals surface area contributed by atoms with Gasteiger partial charge in [-0.05, 0) is 60.7 Å². The molecule has 3 heterocycles. The largest absolute Gasteiger partial charge is 0.309 e. The van der Waals surface area contributed by atoms with Gasteiger partial charge in [0.1, 0.15) is 6.07 Å². The van der Waals surface area contributed by atoms with E-state index in [-0.39, 0.29) is 0 Å². The van der Waals surface area contributed by atoms with Crippen molar-refractivity contribution in [2.75, 3.05) is 0 Å². The minimum atomic E-state index is 0.664. The van der Waals surface area contributed by atoms with Crippen molar-refractivity contribution in [3.05, 3.63) is 163 Å². The minimum Gasteiger partial charge on any atom is -0.309 e. The van der Waals surface area contributed by atoms with Gasteiger partial charge in [-0.1, -0.05) is 97.1 Å². The molecule has 0 aliphatic carbocycles. The first-order valence-corrected chi connectivity index (χ1v) is 15.9. The summed E-state index contributed by atoms with van der Waals surface area (Å²) in [4.78, 5) is 0. The first kappa shape index (κ1) is 25.7. The fraction of sp³-hybridized carbons (Fsp3) is 0. The predicted molar refractivity (Wildman–Crippen MR) is 194 cm³/mol. The molecule has 0 radical (unpaired) electrons. The molecule has 0 aliphatic heterocycles. The van der Waals surface area contributed by atoms with Crippen LogP contribution >= 0.6 is 0 Å². The molecule has 0 spiro atoms. The van der Waals surface area contributed by atoms with Gasteiger partial charge in [0.15, 0.2) is 0 Å². The van der Waals surface area contributed by atoms with Gasteiger partial charge in [0.25, 0.3) is 0 Å². The molecule has 10 aromatic rings. The fourth-order valence-corrected chi connectivity index (χ4v) is 7.76. The molecule has 0 bridgehead atoms. The van der Waals surface area contributed by atoms with Gasteiger partial charge in [-0.15, -0.1) is 0 Å². The maximum Gasteiger partial charge on any atom is 0.101 e. The molecule has 47 heavy (non-hydrogen) atoms. The lowest BCUT2D eigenvalue weighted by molar-refractivity contribution is 1.15. The van der Waals surface area contributed by atoms with E-state index in [1.807, 2.05) is 18.2 Å². The van der Waals surface area contributed by atoms with Crippen molar-refractivity contribution < 1.29 is 0 Å². The highest BCUT2D eigenvalue weighted by Crippen LogP contribution is 2.43. The summed E-state index contributed by atoms with van der Waals surface area (Å²) in [5.41, 5.74) is 10.6. The van der Waals surface area contributed by atoms with E-state index in [2.05, 4.69) is 159 Å². The van der Waals surface area contributed by atoms with Crippen LogP contribution in [0.25, 0.3) is 82.5 Å². The van der Waals surface area contributed by atoms with Gasteiger partial charge in [-0.2, -0.15) is 5.26 Å². The summed E-state index contributed by atoms with van der Waals surface area (Å²) in [5.74, 6) is 0. The Bertz CT molecular complexity index is 2900. The average Bonchev–Trinajstić information content (AvgIpc) is 3.77. The Labute approximate surface area is 270 Å². The average molecular weight is 599 g/mol. The molecular weight excluding hydrogens is 573 g/mol. The molecule has 4 nitrogen and oxygen atoms in total. The molecule has 0 atom stereocenters. The maximum atomic E-state index is 10.1. The second-order valence-electron chi connectivity index (χ2n) is 12.1. The number of fused-ring (bicyclic) bond motifs is 10. The normalized spacial score (nSPS) is 11.8. The summed E-state index contributed by atoms with van der Waals surface area (Å²) in [6.45, 7) is 0. The van der Waals surface area contributed by atoms with Crippen molar-refractivity contribution in [2.24, 2.45) is 0 Å². The lowest BCUT2D eigenvalue weighted by Gasteiger charge is -2.12. The topological polar surface area (TPSA) is 38.6 Å². The van der Waals surface area contributed by atoms with Crippen molar-refractivity contribution >= 4 is 65.4 Å². The standard InChI is InChI=1S/C43H26N4/c44-27-28-12-11-19-34-33-23-22-31(26-40(33)47(42(28)34)30-15-5-2-6-16-30)45-38-21-10-8-18-36(38)41-39(45)25-24-35-32-17-7-9-20-37(32)46(43(35)41)29-13-3-1-4-14-29/h1-26H. The van der Waals surface area contributed by atoms with E-state index in [0.717, 1.165) is 49.9 Å². The Morgan fingerprint density at radius 2 is 0.915 bits per heavy atom. The number of hydrogen-bond donors (Lipinski definition) is 0. The van der Waals surface area contributed by atoms with Crippen molar-refractivity contribution in [3.63, 3.8) is 0 Å². The Balaban J connectivity index is 1.36. The van der Waals surface area contributed by atoms with Crippen LogP contribution in [0.5, 0.6) is 0 Å². The summed E-state index contributed by atoms with van der Waals surface area (Å²) >= 11 is 0. The number of para-hydroxylation sites is 5. The highest BCUT2D eigenvalue weighted by atomic mass is 15.0. The second-order valence-corrected chi connectivity index (χ2v) is 12.1. The van der Waals surface area contributed by atoms with Gasteiger partial charge in [-0.3, -0.25) is 0 Å². The zero-order chi connectivity index (χ0) is 31.1.